The van der Waals surface area contributed by atoms with Crippen LogP contribution in [0.5, 0.6) is 0 Å². The van der Waals surface area contributed by atoms with Crippen LogP contribution in [-0.2, 0) is 0 Å². The van der Waals surface area contributed by atoms with Gasteiger partial charge in [0.05, 0.1) is 6.04 Å². The molecule has 0 saturated carbocycles. The number of rotatable bonds is 15. The third-order valence-electron chi connectivity index (χ3n) is 14.6. The van der Waals surface area contributed by atoms with Crippen LogP contribution in [0.15, 0.2) is 309 Å². The van der Waals surface area contributed by atoms with E-state index in [-0.39, 0.29) is 6.04 Å². The standard InChI is InChI=1S/C72H60N4/c1-7-19-61(20-8-1)73(62-21-9-2-10-22-62)67-43-31-55(32-44-67)57-35-47-69(48-36-57)75(65-27-15-5-16-28-65)71-51-39-59(40-52-71)60-41-53-72(54-42-60)76(66-29-17-6-18-30-66)70-49-37-58(38-50-70)56-33-45-68(46-34-56)74(63-23-11-3-12-24-63)64-25-13-4-14-26-64/h1-5,7-15,17,19-21,23-27,29-54,62H,6,16,18,22,28H2. The van der Waals surface area contributed by atoms with E-state index in [9.17, 15) is 0 Å². The van der Waals surface area contributed by atoms with Crippen molar-refractivity contribution < 1.29 is 0 Å². The third-order valence-corrected chi connectivity index (χ3v) is 14.6. The summed E-state index contributed by atoms with van der Waals surface area (Å²) in [6.07, 6.45) is 27.5. The third kappa shape index (κ3) is 10.4. The fraction of sp³-hybridized carbons (Fsp3) is 0.0833. The van der Waals surface area contributed by atoms with Crippen molar-refractivity contribution in [3.63, 3.8) is 0 Å². The molecule has 9 aromatic carbocycles. The first-order valence-electron chi connectivity index (χ1n) is 26.7. The molecule has 12 rings (SSSR count). The van der Waals surface area contributed by atoms with E-state index >= 15 is 0 Å². The highest BCUT2D eigenvalue weighted by atomic mass is 15.2. The van der Waals surface area contributed by atoms with E-state index in [0.717, 1.165) is 71.9 Å². The van der Waals surface area contributed by atoms with E-state index in [4.69, 9.17) is 0 Å². The second-order valence-electron chi connectivity index (χ2n) is 19.5. The minimum atomic E-state index is 0.270. The maximum atomic E-state index is 2.44. The zero-order chi connectivity index (χ0) is 50.9. The Morgan fingerprint density at radius 3 is 1.09 bits per heavy atom. The average molecular weight is 981 g/mol. The topological polar surface area (TPSA) is 13.0 Å². The van der Waals surface area contributed by atoms with Crippen LogP contribution in [0.2, 0.25) is 0 Å². The molecular weight excluding hydrogens is 921 g/mol. The molecule has 76 heavy (non-hydrogen) atoms. The van der Waals surface area contributed by atoms with Crippen molar-refractivity contribution >= 4 is 51.2 Å². The zero-order valence-electron chi connectivity index (χ0n) is 42.7. The summed E-state index contributed by atoms with van der Waals surface area (Å²) in [7, 11) is 0. The lowest BCUT2D eigenvalue weighted by Gasteiger charge is -2.32. The molecule has 0 saturated heterocycles. The lowest BCUT2D eigenvalue weighted by molar-refractivity contribution is 0.785. The molecule has 0 bridgehead atoms. The first-order chi connectivity index (χ1) is 37.7. The Balaban J connectivity index is 0.766. The molecule has 0 amide bonds. The molecule has 3 aliphatic rings. The van der Waals surface area contributed by atoms with E-state index in [1.54, 1.807) is 0 Å². The molecule has 0 fully saturated rings. The lowest BCUT2D eigenvalue weighted by atomic mass is 10.0. The number of hydrogen-bond donors (Lipinski definition) is 0. The molecular formula is C72H60N4. The number of para-hydroxylation sites is 3. The minimum Gasteiger partial charge on any atom is -0.334 e. The van der Waals surface area contributed by atoms with Crippen LogP contribution in [0.1, 0.15) is 32.1 Å². The maximum absolute atomic E-state index is 2.44. The second kappa shape index (κ2) is 22.4. The van der Waals surface area contributed by atoms with Crippen molar-refractivity contribution in [2.75, 3.05) is 19.6 Å². The van der Waals surface area contributed by atoms with Crippen LogP contribution < -0.4 is 19.6 Å². The molecule has 0 radical (unpaired) electrons. The molecule has 0 heterocycles. The van der Waals surface area contributed by atoms with E-state index in [0.29, 0.717) is 0 Å². The van der Waals surface area contributed by atoms with E-state index in [1.807, 2.05) is 0 Å². The maximum Gasteiger partial charge on any atom is 0.0559 e. The van der Waals surface area contributed by atoms with Crippen molar-refractivity contribution in [2.24, 2.45) is 0 Å². The lowest BCUT2D eigenvalue weighted by Crippen LogP contribution is -2.29. The molecule has 9 aromatic rings. The highest BCUT2D eigenvalue weighted by Gasteiger charge is 2.21. The number of nitrogens with zero attached hydrogens (tertiary/aromatic N) is 4. The van der Waals surface area contributed by atoms with Crippen LogP contribution in [0.25, 0.3) is 33.4 Å². The van der Waals surface area contributed by atoms with E-state index in [1.165, 1.54) is 56.1 Å². The molecule has 4 heteroatoms. The monoisotopic (exact) mass is 980 g/mol. The van der Waals surface area contributed by atoms with Crippen molar-refractivity contribution in [1.29, 1.82) is 0 Å². The molecule has 0 N–H and O–H groups in total. The van der Waals surface area contributed by atoms with Crippen LogP contribution in [0.3, 0.4) is 0 Å². The smallest absolute Gasteiger partial charge is 0.0559 e. The van der Waals surface area contributed by atoms with Crippen molar-refractivity contribution in [1.82, 2.24) is 0 Å². The van der Waals surface area contributed by atoms with Crippen LogP contribution >= 0.6 is 0 Å². The van der Waals surface area contributed by atoms with Gasteiger partial charge in [-0.1, -0.05) is 176 Å². The van der Waals surface area contributed by atoms with Gasteiger partial charge in [0.2, 0.25) is 0 Å². The molecule has 0 aromatic heterocycles. The highest BCUT2D eigenvalue weighted by Crippen LogP contribution is 2.40. The summed E-state index contributed by atoms with van der Waals surface area (Å²) in [6.45, 7) is 0. The van der Waals surface area contributed by atoms with Crippen molar-refractivity contribution in [3.05, 3.63) is 309 Å². The van der Waals surface area contributed by atoms with Crippen LogP contribution in [0, 0.1) is 0 Å². The number of anilines is 9. The first-order valence-corrected chi connectivity index (χ1v) is 26.7. The number of allylic oxidation sites excluding steroid dienone is 9. The Labute approximate surface area is 448 Å². The summed E-state index contributed by atoms with van der Waals surface area (Å²) in [5, 5.41) is 0. The van der Waals surface area contributed by atoms with Gasteiger partial charge in [-0.05, 0) is 187 Å². The van der Waals surface area contributed by atoms with Gasteiger partial charge in [0.25, 0.3) is 0 Å². The van der Waals surface area contributed by atoms with Gasteiger partial charge >= 0.3 is 0 Å². The first kappa shape index (κ1) is 47.6. The molecule has 1 atom stereocenters. The Bertz CT molecular complexity index is 3520. The van der Waals surface area contributed by atoms with Crippen molar-refractivity contribution in [3.8, 4) is 33.4 Å². The van der Waals surface area contributed by atoms with E-state index in [2.05, 4.69) is 317 Å². The van der Waals surface area contributed by atoms with Crippen LogP contribution in [0.4, 0.5) is 51.2 Å². The largest absolute Gasteiger partial charge is 0.334 e. The molecule has 1 unspecified atom stereocenters. The van der Waals surface area contributed by atoms with Gasteiger partial charge in [0.15, 0.2) is 0 Å². The Hall–Kier alpha value is -9.38. The average Bonchev–Trinajstić information content (AvgIpc) is 3.51. The van der Waals surface area contributed by atoms with Gasteiger partial charge in [0, 0.05) is 62.6 Å². The fourth-order valence-corrected chi connectivity index (χ4v) is 10.8. The molecule has 4 nitrogen and oxygen atoms in total. The predicted octanol–water partition coefficient (Wildman–Crippen LogP) is 19.9. The second-order valence-corrected chi connectivity index (χ2v) is 19.5. The molecule has 0 spiro atoms. The van der Waals surface area contributed by atoms with Crippen LogP contribution in [-0.4, -0.2) is 6.04 Å². The number of benzene rings is 9. The van der Waals surface area contributed by atoms with Crippen molar-refractivity contribution in [2.45, 2.75) is 38.1 Å². The van der Waals surface area contributed by atoms with E-state index < -0.39 is 0 Å². The highest BCUT2D eigenvalue weighted by molar-refractivity contribution is 5.81. The summed E-state index contributed by atoms with van der Waals surface area (Å²) >= 11 is 0. The van der Waals surface area contributed by atoms with Gasteiger partial charge in [-0.15, -0.1) is 0 Å². The SMILES string of the molecule is C1=CCCC(N(c2ccc(-c3ccc(N(C4=CCCC=C4)c4ccc(-c5ccc(N(c6ccccc6)c6ccccc6)cc5)cc4)cc3)cc2)c2ccc(-c3ccc(N(c4ccccc4)C4C=CC=CC4)cc3)cc2)=C1. The van der Waals surface area contributed by atoms with Gasteiger partial charge in [0.1, 0.15) is 0 Å². The zero-order valence-corrected chi connectivity index (χ0v) is 42.7. The van der Waals surface area contributed by atoms with Gasteiger partial charge in [-0.2, -0.15) is 0 Å². The molecule has 368 valence electrons. The Morgan fingerprint density at radius 2 is 0.697 bits per heavy atom. The molecule has 0 aliphatic heterocycles. The summed E-state index contributed by atoms with van der Waals surface area (Å²) < 4.78 is 0. The Morgan fingerprint density at radius 1 is 0.303 bits per heavy atom. The Kier molecular flexibility index (Phi) is 14.0. The predicted molar refractivity (Wildman–Crippen MR) is 323 cm³/mol. The molecule has 3 aliphatic carbocycles. The van der Waals surface area contributed by atoms with Gasteiger partial charge in [-0.25, -0.2) is 0 Å². The fourth-order valence-electron chi connectivity index (χ4n) is 10.8. The summed E-state index contributed by atoms with van der Waals surface area (Å²) in [6, 6.07) is 86.2. The summed E-state index contributed by atoms with van der Waals surface area (Å²) in [5.74, 6) is 0. The normalized spacial score (nSPS) is 14.7. The summed E-state index contributed by atoms with van der Waals surface area (Å²) in [5.41, 5.74) is 19.9. The minimum absolute atomic E-state index is 0.270. The quantitative estimate of drug-likeness (QED) is 0.101. The van der Waals surface area contributed by atoms with Gasteiger partial charge in [-0.3, -0.25) is 0 Å². The number of hydrogen-bond acceptors (Lipinski definition) is 4. The van der Waals surface area contributed by atoms with Gasteiger partial charge < -0.3 is 19.6 Å². The summed E-state index contributed by atoms with van der Waals surface area (Å²) in [4.78, 5) is 9.54.